The summed E-state index contributed by atoms with van der Waals surface area (Å²) in [6.45, 7) is 10.5. The van der Waals surface area contributed by atoms with Gasteiger partial charge < -0.3 is 10.2 Å². The van der Waals surface area contributed by atoms with Crippen LogP contribution in [0.5, 0.6) is 0 Å². The van der Waals surface area contributed by atoms with Crippen molar-refractivity contribution in [2.45, 2.75) is 71.0 Å². The van der Waals surface area contributed by atoms with Crippen LogP contribution in [-0.2, 0) is 32.6 Å². The first-order valence-electron chi connectivity index (χ1n) is 13.4. The van der Waals surface area contributed by atoms with Gasteiger partial charge in [-0.05, 0) is 82.5 Å². The number of para-hydroxylation sites is 1. The van der Waals surface area contributed by atoms with E-state index in [9.17, 15) is 18.0 Å². The van der Waals surface area contributed by atoms with Crippen LogP contribution in [0.3, 0.4) is 0 Å². The van der Waals surface area contributed by atoms with E-state index in [1.807, 2.05) is 46.8 Å². The first-order chi connectivity index (χ1) is 19.1. The molecular formula is C31H37Cl2N3O4S. The number of carbonyl (C=O) groups is 2. The largest absolute Gasteiger partial charge is 0.350 e. The van der Waals surface area contributed by atoms with Gasteiger partial charge in [0.2, 0.25) is 11.8 Å². The maximum Gasteiger partial charge on any atom is 0.264 e. The van der Waals surface area contributed by atoms with Crippen molar-refractivity contribution < 1.29 is 18.0 Å². The smallest absolute Gasteiger partial charge is 0.264 e. The standard InChI is InChI=1S/C31H37Cl2N3O4S/c1-7-24-10-8-9-11-28(24)36(41(39,40)25-15-12-21(2)13-16-25)20-29(37)35(22(3)30(38)34-31(4,5)6)19-23-14-17-26(32)27(33)18-23/h8-18,22H,7,19-20H2,1-6H3,(H,34,38)/t22-/m1/s1. The fourth-order valence-corrected chi connectivity index (χ4v) is 6.07. The Bertz CT molecular complexity index is 1500. The molecule has 3 rings (SSSR count). The molecule has 0 aliphatic carbocycles. The summed E-state index contributed by atoms with van der Waals surface area (Å²) in [4.78, 5) is 28.8. The number of carbonyl (C=O) groups excluding carboxylic acids is 2. The van der Waals surface area contributed by atoms with Crippen LogP contribution < -0.4 is 9.62 Å². The topological polar surface area (TPSA) is 86.8 Å². The molecule has 2 amide bonds. The highest BCUT2D eigenvalue weighted by Gasteiger charge is 2.34. The number of halogens is 2. The van der Waals surface area contributed by atoms with E-state index in [-0.39, 0.29) is 17.3 Å². The molecule has 1 N–H and O–H groups in total. The molecule has 0 aromatic heterocycles. The molecular weight excluding hydrogens is 581 g/mol. The summed E-state index contributed by atoms with van der Waals surface area (Å²) in [5.41, 5.74) is 2.19. The molecule has 0 fully saturated rings. The Morgan fingerprint density at radius 3 is 2.17 bits per heavy atom. The van der Waals surface area contributed by atoms with E-state index in [0.717, 1.165) is 15.4 Å². The van der Waals surface area contributed by atoms with Gasteiger partial charge in [-0.15, -0.1) is 0 Å². The molecule has 220 valence electrons. The minimum absolute atomic E-state index is 0.0162. The number of sulfonamides is 1. The molecule has 0 radical (unpaired) electrons. The Morgan fingerprint density at radius 2 is 1.59 bits per heavy atom. The van der Waals surface area contributed by atoms with Gasteiger partial charge in [0, 0.05) is 12.1 Å². The number of rotatable bonds is 10. The summed E-state index contributed by atoms with van der Waals surface area (Å²) in [6, 6.07) is 17.6. The SMILES string of the molecule is CCc1ccccc1N(CC(=O)N(Cc1ccc(Cl)c(Cl)c1)[C@H](C)C(=O)NC(C)(C)C)S(=O)(=O)c1ccc(C)cc1. The monoisotopic (exact) mass is 617 g/mol. The number of aryl methyl sites for hydroxylation is 2. The lowest BCUT2D eigenvalue weighted by Crippen LogP contribution is -2.54. The zero-order valence-corrected chi connectivity index (χ0v) is 26.6. The second kappa shape index (κ2) is 13.3. The lowest BCUT2D eigenvalue weighted by Gasteiger charge is -2.34. The van der Waals surface area contributed by atoms with Crippen molar-refractivity contribution in [3.05, 3.63) is 93.5 Å². The molecule has 0 unspecified atom stereocenters. The zero-order chi connectivity index (χ0) is 30.5. The summed E-state index contributed by atoms with van der Waals surface area (Å²) < 4.78 is 29.2. The van der Waals surface area contributed by atoms with Crippen molar-refractivity contribution in [2.75, 3.05) is 10.8 Å². The fourth-order valence-electron chi connectivity index (χ4n) is 4.30. The van der Waals surface area contributed by atoms with Crippen LogP contribution in [0.2, 0.25) is 10.0 Å². The highest BCUT2D eigenvalue weighted by molar-refractivity contribution is 7.92. The molecule has 0 bridgehead atoms. The average Bonchev–Trinajstić information content (AvgIpc) is 2.91. The minimum atomic E-state index is -4.15. The fraction of sp³-hybridized carbons (Fsp3) is 0.355. The summed E-state index contributed by atoms with van der Waals surface area (Å²) in [7, 11) is -4.15. The van der Waals surface area contributed by atoms with Crippen LogP contribution in [0.1, 0.15) is 51.3 Å². The number of hydrogen-bond donors (Lipinski definition) is 1. The number of nitrogens with one attached hydrogen (secondary N) is 1. The second-order valence-corrected chi connectivity index (χ2v) is 13.7. The molecule has 0 aliphatic heterocycles. The van der Waals surface area contributed by atoms with Gasteiger partial charge in [0.05, 0.1) is 20.6 Å². The summed E-state index contributed by atoms with van der Waals surface area (Å²) in [6.07, 6.45) is 0.557. The van der Waals surface area contributed by atoms with E-state index in [0.29, 0.717) is 27.7 Å². The predicted molar refractivity (Wildman–Crippen MR) is 166 cm³/mol. The van der Waals surface area contributed by atoms with E-state index in [4.69, 9.17) is 23.2 Å². The Balaban J connectivity index is 2.09. The molecule has 0 heterocycles. The second-order valence-electron chi connectivity index (χ2n) is 11.0. The van der Waals surface area contributed by atoms with E-state index in [1.165, 1.54) is 17.0 Å². The molecule has 0 saturated carbocycles. The third-order valence-electron chi connectivity index (χ3n) is 6.53. The van der Waals surface area contributed by atoms with Crippen molar-refractivity contribution in [3.63, 3.8) is 0 Å². The van der Waals surface area contributed by atoms with Crippen molar-refractivity contribution in [3.8, 4) is 0 Å². The Kier molecular flexibility index (Phi) is 10.5. The van der Waals surface area contributed by atoms with E-state index in [1.54, 1.807) is 49.4 Å². The van der Waals surface area contributed by atoms with Crippen LogP contribution in [-0.4, -0.2) is 43.3 Å². The van der Waals surface area contributed by atoms with Gasteiger partial charge in [0.1, 0.15) is 12.6 Å². The molecule has 1 atom stereocenters. The van der Waals surface area contributed by atoms with Crippen LogP contribution in [0.25, 0.3) is 0 Å². The quantitative estimate of drug-likeness (QED) is 0.285. The van der Waals surface area contributed by atoms with Gasteiger partial charge in [-0.25, -0.2) is 8.42 Å². The zero-order valence-electron chi connectivity index (χ0n) is 24.2. The van der Waals surface area contributed by atoms with Crippen LogP contribution in [0, 0.1) is 6.92 Å². The van der Waals surface area contributed by atoms with E-state index in [2.05, 4.69) is 5.32 Å². The third-order valence-corrected chi connectivity index (χ3v) is 9.04. The van der Waals surface area contributed by atoms with Crippen molar-refractivity contribution in [2.24, 2.45) is 0 Å². The molecule has 0 saturated heterocycles. The first-order valence-corrected chi connectivity index (χ1v) is 15.6. The molecule has 0 spiro atoms. The molecule has 0 aliphatic rings. The summed E-state index contributed by atoms with van der Waals surface area (Å²) in [5.74, 6) is -0.915. The first kappa shape index (κ1) is 32.4. The van der Waals surface area contributed by atoms with Crippen molar-refractivity contribution in [1.29, 1.82) is 0 Å². The number of hydrogen-bond acceptors (Lipinski definition) is 4. The van der Waals surface area contributed by atoms with Gasteiger partial charge in [-0.1, -0.05) is 72.1 Å². The average molecular weight is 619 g/mol. The van der Waals surface area contributed by atoms with Crippen LogP contribution in [0.4, 0.5) is 5.69 Å². The number of benzene rings is 3. The van der Waals surface area contributed by atoms with E-state index < -0.39 is 34.1 Å². The van der Waals surface area contributed by atoms with Crippen molar-refractivity contribution in [1.82, 2.24) is 10.2 Å². The predicted octanol–water partition coefficient (Wildman–Crippen LogP) is 6.39. The Hall–Kier alpha value is -3.07. The van der Waals surface area contributed by atoms with E-state index >= 15 is 0 Å². The highest BCUT2D eigenvalue weighted by Crippen LogP contribution is 2.29. The van der Waals surface area contributed by atoms with Gasteiger partial charge in [0.15, 0.2) is 0 Å². The third kappa shape index (κ3) is 8.24. The minimum Gasteiger partial charge on any atom is -0.350 e. The van der Waals surface area contributed by atoms with Gasteiger partial charge >= 0.3 is 0 Å². The lowest BCUT2D eigenvalue weighted by atomic mass is 10.1. The van der Waals surface area contributed by atoms with Gasteiger partial charge in [0.25, 0.3) is 10.0 Å². The molecule has 10 heteroatoms. The Morgan fingerprint density at radius 1 is 0.951 bits per heavy atom. The van der Waals surface area contributed by atoms with Crippen LogP contribution >= 0.6 is 23.2 Å². The lowest BCUT2D eigenvalue weighted by molar-refractivity contribution is -0.140. The molecule has 3 aromatic carbocycles. The molecule has 41 heavy (non-hydrogen) atoms. The number of nitrogens with zero attached hydrogens (tertiary/aromatic N) is 2. The maximum absolute atomic E-state index is 14.1. The molecule has 7 nitrogen and oxygen atoms in total. The number of anilines is 1. The van der Waals surface area contributed by atoms with Crippen molar-refractivity contribution >= 4 is 50.7 Å². The molecule has 3 aromatic rings. The normalized spacial score (nSPS) is 12.5. The Labute approximate surface area is 253 Å². The number of amides is 2. The summed E-state index contributed by atoms with van der Waals surface area (Å²) >= 11 is 12.3. The summed E-state index contributed by atoms with van der Waals surface area (Å²) in [5, 5.41) is 3.58. The van der Waals surface area contributed by atoms with Gasteiger partial charge in [-0.3, -0.25) is 13.9 Å². The maximum atomic E-state index is 14.1. The highest BCUT2D eigenvalue weighted by atomic mass is 35.5. The van der Waals surface area contributed by atoms with Gasteiger partial charge in [-0.2, -0.15) is 0 Å². The van der Waals surface area contributed by atoms with Crippen LogP contribution in [0.15, 0.2) is 71.6 Å².